The number of hydrogen-bond acceptors (Lipinski definition) is 4. The smallest absolute Gasteiger partial charge is 0.245 e. The van der Waals surface area contributed by atoms with E-state index in [4.69, 9.17) is 0 Å². The van der Waals surface area contributed by atoms with Gasteiger partial charge in [0.05, 0.1) is 6.20 Å². The Balaban J connectivity index is 1.90. The van der Waals surface area contributed by atoms with E-state index in [2.05, 4.69) is 9.88 Å². The molecule has 20 heavy (non-hydrogen) atoms. The van der Waals surface area contributed by atoms with Crippen molar-refractivity contribution < 1.29 is 12.8 Å². The molecule has 0 spiro atoms. The van der Waals surface area contributed by atoms with Crippen LogP contribution in [0, 0.1) is 5.82 Å². The van der Waals surface area contributed by atoms with E-state index >= 15 is 0 Å². The Bertz CT molecular complexity index is 607. The van der Waals surface area contributed by atoms with Crippen molar-refractivity contribution in [2.75, 3.05) is 19.6 Å². The standard InChI is InChI=1S/C13H18FN3O2S/c1-10-8-16-4-2-3-12(16)9-17(10)20(18,19)13-5-11(14)6-15-7-13/h5-7,10,12H,2-4,8-9H2,1H3/t10-,12+/m1/s1. The van der Waals surface area contributed by atoms with Gasteiger partial charge in [-0.1, -0.05) is 0 Å². The molecule has 3 heterocycles. The summed E-state index contributed by atoms with van der Waals surface area (Å²) in [6.07, 6.45) is 4.37. The van der Waals surface area contributed by atoms with Crippen LogP contribution in [0.15, 0.2) is 23.4 Å². The summed E-state index contributed by atoms with van der Waals surface area (Å²) in [5.41, 5.74) is 0. The summed E-state index contributed by atoms with van der Waals surface area (Å²) in [5, 5.41) is 0. The molecule has 2 atom stereocenters. The Kier molecular flexibility index (Phi) is 3.51. The Morgan fingerprint density at radius 1 is 1.35 bits per heavy atom. The van der Waals surface area contributed by atoms with Crippen LogP contribution in [0.25, 0.3) is 0 Å². The summed E-state index contributed by atoms with van der Waals surface area (Å²) in [6.45, 7) is 4.18. The highest BCUT2D eigenvalue weighted by Gasteiger charge is 2.40. The van der Waals surface area contributed by atoms with Gasteiger partial charge in [-0.2, -0.15) is 4.31 Å². The van der Waals surface area contributed by atoms with E-state index in [-0.39, 0.29) is 10.9 Å². The van der Waals surface area contributed by atoms with Gasteiger partial charge < -0.3 is 0 Å². The van der Waals surface area contributed by atoms with Crippen molar-refractivity contribution in [2.45, 2.75) is 36.7 Å². The normalized spacial score (nSPS) is 28.5. The zero-order chi connectivity index (χ0) is 14.3. The molecule has 0 aliphatic carbocycles. The molecule has 0 saturated carbocycles. The Labute approximate surface area is 118 Å². The molecule has 1 aromatic rings. The van der Waals surface area contributed by atoms with Crippen molar-refractivity contribution in [1.82, 2.24) is 14.2 Å². The first-order valence-electron chi connectivity index (χ1n) is 6.85. The average Bonchev–Trinajstić information content (AvgIpc) is 2.84. The van der Waals surface area contributed by atoms with Gasteiger partial charge in [0.25, 0.3) is 0 Å². The van der Waals surface area contributed by atoms with E-state index in [1.807, 2.05) is 6.92 Å². The third kappa shape index (κ3) is 2.34. The average molecular weight is 299 g/mol. The largest absolute Gasteiger partial charge is 0.297 e. The fourth-order valence-corrected chi connectivity index (χ4v) is 4.80. The summed E-state index contributed by atoms with van der Waals surface area (Å²) >= 11 is 0. The van der Waals surface area contributed by atoms with Crippen LogP contribution in [-0.2, 0) is 10.0 Å². The number of nitrogens with zero attached hydrogens (tertiary/aromatic N) is 3. The SMILES string of the molecule is C[C@@H]1CN2CCC[C@H]2CN1S(=O)(=O)c1cncc(F)c1. The molecule has 0 N–H and O–H groups in total. The number of rotatable bonds is 2. The Hall–Kier alpha value is -1.05. The molecule has 2 aliphatic heterocycles. The number of piperazine rings is 1. The molecule has 110 valence electrons. The fraction of sp³-hybridized carbons (Fsp3) is 0.615. The highest BCUT2D eigenvalue weighted by molar-refractivity contribution is 7.89. The number of hydrogen-bond donors (Lipinski definition) is 0. The quantitative estimate of drug-likeness (QED) is 0.820. The van der Waals surface area contributed by atoms with Crippen molar-refractivity contribution >= 4 is 10.0 Å². The first-order chi connectivity index (χ1) is 9.48. The molecule has 0 bridgehead atoms. The van der Waals surface area contributed by atoms with Gasteiger partial charge in [0.2, 0.25) is 10.0 Å². The number of sulfonamides is 1. The predicted molar refractivity (Wildman–Crippen MR) is 72.1 cm³/mol. The number of pyridine rings is 1. The van der Waals surface area contributed by atoms with E-state index < -0.39 is 15.8 Å². The van der Waals surface area contributed by atoms with Gasteiger partial charge in [-0.25, -0.2) is 12.8 Å². The van der Waals surface area contributed by atoms with E-state index in [1.54, 1.807) is 0 Å². The van der Waals surface area contributed by atoms with Crippen LogP contribution < -0.4 is 0 Å². The molecule has 5 nitrogen and oxygen atoms in total. The van der Waals surface area contributed by atoms with E-state index in [1.165, 1.54) is 10.5 Å². The molecule has 0 amide bonds. The zero-order valence-corrected chi connectivity index (χ0v) is 12.2. The van der Waals surface area contributed by atoms with Crippen LogP contribution in [0.5, 0.6) is 0 Å². The first-order valence-corrected chi connectivity index (χ1v) is 8.29. The lowest BCUT2D eigenvalue weighted by Crippen LogP contribution is -2.56. The molecule has 2 saturated heterocycles. The molecule has 2 fully saturated rings. The summed E-state index contributed by atoms with van der Waals surface area (Å²) in [7, 11) is -3.67. The maximum absolute atomic E-state index is 13.2. The first kappa shape index (κ1) is 13.9. The minimum Gasteiger partial charge on any atom is -0.297 e. The molecule has 7 heteroatoms. The highest BCUT2D eigenvalue weighted by atomic mass is 32.2. The van der Waals surface area contributed by atoms with Gasteiger partial charge in [0.15, 0.2) is 0 Å². The van der Waals surface area contributed by atoms with Gasteiger partial charge in [0.1, 0.15) is 10.7 Å². The van der Waals surface area contributed by atoms with Crippen molar-refractivity contribution in [2.24, 2.45) is 0 Å². The number of halogens is 1. The zero-order valence-electron chi connectivity index (χ0n) is 11.4. The third-order valence-corrected chi connectivity index (χ3v) is 6.11. The molecule has 0 aromatic carbocycles. The van der Waals surface area contributed by atoms with Crippen molar-refractivity contribution in [3.63, 3.8) is 0 Å². The topological polar surface area (TPSA) is 53.5 Å². The molecule has 3 rings (SSSR count). The molecule has 0 unspecified atom stereocenters. The highest BCUT2D eigenvalue weighted by Crippen LogP contribution is 2.28. The third-order valence-electron chi connectivity index (χ3n) is 4.17. The second kappa shape index (κ2) is 5.05. The second-order valence-corrected chi connectivity index (χ2v) is 7.44. The number of fused-ring (bicyclic) bond motifs is 1. The van der Waals surface area contributed by atoms with E-state index in [0.29, 0.717) is 12.6 Å². The van der Waals surface area contributed by atoms with E-state index in [9.17, 15) is 12.8 Å². The Morgan fingerprint density at radius 3 is 2.90 bits per heavy atom. The molecular weight excluding hydrogens is 281 g/mol. The van der Waals surface area contributed by atoms with Crippen LogP contribution in [-0.4, -0.2) is 54.3 Å². The minimum absolute atomic E-state index is 0.0594. The Morgan fingerprint density at radius 2 is 2.15 bits per heavy atom. The minimum atomic E-state index is -3.67. The van der Waals surface area contributed by atoms with Crippen LogP contribution in [0.3, 0.4) is 0 Å². The lowest BCUT2D eigenvalue weighted by atomic mass is 10.1. The number of aromatic nitrogens is 1. The van der Waals surface area contributed by atoms with Gasteiger partial charge in [-0.3, -0.25) is 9.88 Å². The summed E-state index contributed by atoms with van der Waals surface area (Å²) < 4.78 is 40.0. The monoisotopic (exact) mass is 299 g/mol. The van der Waals surface area contributed by atoms with Crippen LogP contribution in [0.4, 0.5) is 4.39 Å². The van der Waals surface area contributed by atoms with Gasteiger partial charge in [0, 0.05) is 31.4 Å². The maximum atomic E-state index is 13.2. The lowest BCUT2D eigenvalue weighted by Gasteiger charge is -2.41. The fourth-order valence-electron chi connectivity index (χ4n) is 3.16. The van der Waals surface area contributed by atoms with Crippen molar-refractivity contribution in [3.8, 4) is 0 Å². The molecule has 0 radical (unpaired) electrons. The maximum Gasteiger partial charge on any atom is 0.245 e. The van der Waals surface area contributed by atoms with Crippen molar-refractivity contribution in [3.05, 3.63) is 24.3 Å². The molecular formula is C13H18FN3O2S. The van der Waals surface area contributed by atoms with Crippen LogP contribution in [0.2, 0.25) is 0 Å². The predicted octanol–water partition coefficient (Wildman–Crippen LogP) is 1.08. The molecule has 1 aromatic heterocycles. The van der Waals surface area contributed by atoms with Crippen LogP contribution >= 0.6 is 0 Å². The van der Waals surface area contributed by atoms with Gasteiger partial charge in [-0.15, -0.1) is 0 Å². The second-order valence-electron chi connectivity index (χ2n) is 5.55. The molecule has 2 aliphatic rings. The summed E-state index contributed by atoms with van der Waals surface area (Å²) in [6, 6.07) is 1.23. The van der Waals surface area contributed by atoms with Crippen molar-refractivity contribution in [1.29, 1.82) is 0 Å². The summed E-state index contributed by atoms with van der Waals surface area (Å²) in [4.78, 5) is 5.93. The lowest BCUT2D eigenvalue weighted by molar-refractivity contribution is 0.117. The van der Waals surface area contributed by atoms with E-state index in [0.717, 1.165) is 38.2 Å². The van der Waals surface area contributed by atoms with Gasteiger partial charge >= 0.3 is 0 Å². The summed E-state index contributed by atoms with van der Waals surface area (Å²) in [5.74, 6) is -0.627. The van der Waals surface area contributed by atoms with Crippen LogP contribution in [0.1, 0.15) is 19.8 Å². The van der Waals surface area contributed by atoms with Gasteiger partial charge in [-0.05, 0) is 32.4 Å².